The molecular formula is C15H20O3. The fourth-order valence-corrected chi connectivity index (χ4v) is 1.89. The van der Waals surface area contributed by atoms with E-state index in [1.54, 1.807) is 7.11 Å². The van der Waals surface area contributed by atoms with Crippen LogP contribution in [0.15, 0.2) is 36.1 Å². The second-order valence-electron chi connectivity index (χ2n) is 5.26. The molecule has 0 bridgehead atoms. The standard InChI is InChI=1S/C15H20O3/c1-11(14-9-15(2,3)10-17-14)18-13-7-5-12(16-4)6-8-13/h5-9,11H,10H2,1-4H3. The smallest absolute Gasteiger partial charge is 0.152 e. The lowest BCUT2D eigenvalue weighted by molar-refractivity contribution is 0.124. The van der Waals surface area contributed by atoms with Gasteiger partial charge in [0, 0.05) is 5.41 Å². The Hall–Kier alpha value is -1.64. The molecule has 0 fully saturated rings. The summed E-state index contributed by atoms with van der Waals surface area (Å²) in [6.45, 7) is 7.02. The van der Waals surface area contributed by atoms with Gasteiger partial charge in [0.05, 0.1) is 13.7 Å². The van der Waals surface area contributed by atoms with Gasteiger partial charge in [0.2, 0.25) is 0 Å². The quantitative estimate of drug-likeness (QED) is 0.817. The summed E-state index contributed by atoms with van der Waals surface area (Å²) in [6, 6.07) is 7.57. The van der Waals surface area contributed by atoms with E-state index in [1.807, 2.05) is 31.2 Å². The predicted octanol–water partition coefficient (Wildman–Crippen LogP) is 3.40. The van der Waals surface area contributed by atoms with Crippen molar-refractivity contribution in [3.05, 3.63) is 36.1 Å². The molecule has 1 aliphatic heterocycles. The van der Waals surface area contributed by atoms with E-state index >= 15 is 0 Å². The van der Waals surface area contributed by atoms with Gasteiger partial charge in [-0.3, -0.25) is 0 Å². The van der Waals surface area contributed by atoms with E-state index in [2.05, 4.69) is 19.9 Å². The van der Waals surface area contributed by atoms with E-state index < -0.39 is 0 Å². The summed E-state index contributed by atoms with van der Waals surface area (Å²) in [5, 5.41) is 0. The van der Waals surface area contributed by atoms with Crippen molar-refractivity contribution < 1.29 is 14.2 Å². The highest BCUT2D eigenvalue weighted by atomic mass is 16.5. The van der Waals surface area contributed by atoms with Crippen LogP contribution in [0.3, 0.4) is 0 Å². The van der Waals surface area contributed by atoms with Gasteiger partial charge in [-0.05, 0) is 37.3 Å². The molecule has 1 atom stereocenters. The Morgan fingerprint density at radius 3 is 2.28 bits per heavy atom. The number of rotatable bonds is 4. The zero-order chi connectivity index (χ0) is 13.2. The predicted molar refractivity (Wildman–Crippen MR) is 70.9 cm³/mol. The van der Waals surface area contributed by atoms with Crippen molar-refractivity contribution in [2.45, 2.75) is 26.9 Å². The van der Waals surface area contributed by atoms with Crippen LogP contribution >= 0.6 is 0 Å². The summed E-state index contributed by atoms with van der Waals surface area (Å²) >= 11 is 0. The summed E-state index contributed by atoms with van der Waals surface area (Å²) < 4.78 is 16.6. The van der Waals surface area contributed by atoms with Gasteiger partial charge in [0.25, 0.3) is 0 Å². The summed E-state index contributed by atoms with van der Waals surface area (Å²) in [4.78, 5) is 0. The Morgan fingerprint density at radius 1 is 1.17 bits per heavy atom. The van der Waals surface area contributed by atoms with Crippen LogP contribution in [0.5, 0.6) is 11.5 Å². The molecule has 0 N–H and O–H groups in total. The molecule has 0 saturated heterocycles. The van der Waals surface area contributed by atoms with Gasteiger partial charge in [-0.15, -0.1) is 0 Å². The lowest BCUT2D eigenvalue weighted by Gasteiger charge is -2.15. The van der Waals surface area contributed by atoms with Gasteiger partial charge in [0.15, 0.2) is 6.10 Å². The molecule has 0 aliphatic carbocycles. The normalized spacial score (nSPS) is 18.8. The first-order chi connectivity index (χ1) is 8.50. The molecule has 1 aromatic carbocycles. The second kappa shape index (κ2) is 4.92. The van der Waals surface area contributed by atoms with Crippen molar-refractivity contribution in [2.24, 2.45) is 5.41 Å². The summed E-state index contributed by atoms with van der Waals surface area (Å²) in [6.07, 6.45) is 2.07. The third kappa shape index (κ3) is 2.97. The fourth-order valence-electron chi connectivity index (χ4n) is 1.89. The Morgan fingerprint density at radius 2 is 1.78 bits per heavy atom. The lowest BCUT2D eigenvalue weighted by Crippen LogP contribution is -2.15. The van der Waals surface area contributed by atoms with Crippen molar-refractivity contribution in [1.29, 1.82) is 0 Å². The first-order valence-corrected chi connectivity index (χ1v) is 6.16. The second-order valence-corrected chi connectivity index (χ2v) is 5.26. The lowest BCUT2D eigenvalue weighted by atomic mass is 9.95. The monoisotopic (exact) mass is 248 g/mol. The molecule has 1 aliphatic rings. The molecule has 0 aromatic heterocycles. The molecule has 1 heterocycles. The van der Waals surface area contributed by atoms with Crippen LogP contribution in [0.2, 0.25) is 0 Å². The van der Waals surface area contributed by atoms with Crippen LogP contribution < -0.4 is 9.47 Å². The molecule has 18 heavy (non-hydrogen) atoms. The minimum absolute atomic E-state index is 0.0693. The maximum Gasteiger partial charge on any atom is 0.152 e. The number of hydrogen-bond donors (Lipinski definition) is 0. The van der Waals surface area contributed by atoms with E-state index in [1.165, 1.54) is 0 Å². The number of methoxy groups -OCH3 is 1. The van der Waals surface area contributed by atoms with Crippen LogP contribution in [0.1, 0.15) is 20.8 Å². The molecule has 0 saturated carbocycles. The van der Waals surface area contributed by atoms with Gasteiger partial charge >= 0.3 is 0 Å². The van der Waals surface area contributed by atoms with Gasteiger partial charge in [-0.2, -0.15) is 0 Å². The average Bonchev–Trinajstić information content (AvgIpc) is 2.71. The highest BCUT2D eigenvalue weighted by molar-refractivity contribution is 5.31. The molecular weight excluding hydrogens is 228 g/mol. The molecule has 98 valence electrons. The molecule has 2 rings (SSSR count). The minimum Gasteiger partial charge on any atom is -0.497 e. The largest absolute Gasteiger partial charge is 0.497 e. The van der Waals surface area contributed by atoms with Crippen LogP contribution in [0, 0.1) is 5.41 Å². The number of hydrogen-bond acceptors (Lipinski definition) is 3. The van der Waals surface area contributed by atoms with Crippen molar-refractivity contribution in [1.82, 2.24) is 0 Å². The van der Waals surface area contributed by atoms with Gasteiger partial charge in [0.1, 0.15) is 17.3 Å². The van der Waals surface area contributed by atoms with E-state index in [-0.39, 0.29) is 11.5 Å². The molecule has 3 nitrogen and oxygen atoms in total. The zero-order valence-corrected chi connectivity index (χ0v) is 11.4. The zero-order valence-electron chi connectivity index (χ0n) is 11.4. The van der Waals surface area contributed by atoms with Crippen molar-refractivity contribution in [3.63, 3.8) is 0 Å². The number of ether oxygens (including phenoxy) is 3. The molecule has 0 spiro atoms. The third-order valence-electron chi connectivity index (χ3n) is 2.92. The summed E-state index contributed by atoms with van der Waals surface area (Å²) in [5.74, 6) is 2.56. The summed E-state index contributed by atoms with van der Waals surface area (Å²) in [7, 11) is 1.65. The highest BCUT2D eigenvalue weighted by Crippen LogP contribution is 2.30. The Labute approximate surface area is 108 Å². The van der Waals surface area contributed by atoms with Gasteiger partial charge in [-0.25, -0.2) is 0 Å². The van der Waals surface area contributed by atoms with Crippen molar-refractivity contribution in [3.8, 4) is 11.5 Å². The van der Waals surface area contributed by atoms with Gasteiger partial charge < -0.3 is 14.2 Å². The fraction of sp³-hybridized carbons (Fsp3) is 0.467. The molecule has 1 unspecified atom stereocenters. The average molecular weight is 248 g/mol. The van der Waals surface area contributed by atoms with E-state index in [0.717, 1.165) is 23.9 Å². The maximum absolute atomic E-state index is 5.84. The highest BCUT2D eigenvalue weighted by Gasteiger charge is 2.28. The van der Waals surface area contributed by atoms with Crippen LogP contribution in [0.25, 0.3) is 0 Å². The molecule has 1 aromatic rings. The Bertz CT molecular complexity index is 432. The third-order valence-corrected chi connectivity index (χ3v) is 2.92. The first kappa shape index (κ1) is 12.8. The van der Waals surface area contributed by atoms with Crippen LogP contribution in [-0.4, -0.2) is 19.8 Å². The van der Waals surface area contributed by atoms with Crippen LogP contribution in [0.4, 0.5) is 0 Å². The van der Waals surface area contributed by atoms with E-state index in [9.17, 15) is 0 Å². The summed E-state index contributed by atoms with van der Waals surface area (Å²) in [5.41, 5.74) is 0.104. The molecule has 3 heteroatoms. The molecule has 0 radical (unpaired) electrons. The molecule has 0 amide bonds. The first-order valence-electron chi connectivity index (χ1n) is 6.16. The Kier molecular flexibility index (Phi) is 3.50. The van der Waals surface area contributed by atoms with Gasteiger partial charge in [-0.1, -0.05) is 13.8 Å². The maximum atomic E-state index is 5.84. The van der Waals surface area contributed by atoms with E-state index in [4.69, 9.17) is 14.2 Å². The van der Waals surface area contributed by atoms with Crippen molar-refractivity contribution in [2.75, 3.05) is 13.7 Å². The van der Waals surface area contributed by atoms with Crippen LogP contribution in [-0.2, 0) is 4.74 Å². The minimum atomic E-state index is -0.0693. The number of benzene rings is 1. The SMILES string of the molecule is COc1ccc(OC(C)C2=CC(C)(C)CO2)cc1. The Balaban J connectivity index is 2.01. The van der Waals surface area contributed by atoms with Crippen molar-refractivity contribution >= 4 is 0 Å². The topological polar surface area (TPSA) is 27.7 Å². The van der Waals surface area contributed by atoms with E-state index in [0.29, 0.717) is 0 Å².